The molecule has 0 amide bonds. The monoisotopic (exact) mass is 246 g/mol. The van der Waals surface area contributed by atoms with Crippen molar-refractivity contribution in [2.75, 3.05) is 13.7 Å². The standard InChI is InChI=1S/C10H14O3S2/c1-4-9(7-11)15-14-8(2)5-6-10(12)13-3/h4-6,11H,2,7H2,1,3H3/b6-5+,9-4-. The van der Waals surface area contributed by atoms with Gasteiger partial charge in [-0.25, -0.2) is 4.79 Å². The fraction of sp³-hybridized carbons (Fsp3) is 0.300. The van der Waals surface area contributed by atoms with E-state index in [4.69, 9.17) is 5.11 Å². The average molecular weight is 246 g/mol. The summed E-state index contributed by atoms with van der Waals surface area (Å²) in [4.78, 5) is 12.3. The number of hydrogen-bond acceptors (Lipinski definition) is 5. The fourth-order valence-corrected chi connectivity index (χ4v) is 2.27. The van der Waals surface area contributed by atoms with E-state index < -0.39 is 5.97 Å². The van der Waals surface area contributed by atoms with E-state index in [1.807, 2.05) is 13.0 Å². The first kappa shape index (κ1) is 14.3. The van der Waals surface area contributed by atoms with E-state index in [2.05, 4.69) is 11.3 Å². The number of esters is 1. The van der Waals surface area contributed by atoms with Crippen LogP contribution in [-0.4, -0.2) is 24.8 Å². The first-order valence-electron chi connectivity index (χ1n) is 4.19. The van der Waals surface area contributed by atoms with E-state index >= 15 is 0 Å². The summed E-state index contributed by atoms with van der Waals surface area (Å²) in [5.41, 5.74) is 0. The van der Waals surface area contributed by atoms with Crippen LogP contribution in [-0.2, 0) is 9.53 Å². The van der Waals surface area contributed by atoms with E-state index in [0.717, 1.165) is 9.81 Å². The molecule has 3 nitrogen and oxygen atoms in total. The lowest BCUT2D eigenvalue weighted by molar-refractivity contribution is -0.134. The van der Waals surface area contributed by atoms with Gasteiger partial charge in [-0.2, -0.15) is 0 Å². The highest BCUT2D eigenvalue weighted by Gasteiger charge is 1.98. The Hall–Kier alpha value is -0.650. The molecule has 0 saturated heterocycles. The van der Waals surface area contributed by atoms with Crippen molar-refractivity contribution in [2.45, 2.75) is 6.92 Å². The van der Waals surface area contributed by atoms with Gasteiger partial charge in [0, 0.05) is 15.9 Å². The zero-order valence-corrected chi connectivity index (χ0v) is 10.4. The van der Waals surface area contributed by atoms with E-state index in [-0.39, 0.29) is 6.61 Å². The minimum Gasteiger partial charge on any atom is -0.466 e. The Bertz CT molecular complexity index is 282. The molecule has 0 aliphatic carbocycles. The molecule has 0 aliphatic rings. The summed E-state index contributed by atoms with van der Waals surface area (Å²) in [7, 11) is 4.12. The van der Waals surface area contributed by atoms with Gasteiger partial charge in [-0.05, 0) is 13.0 Å². The molecule has 0 aromatic carbocycles. The molecule has 5 heteroatoms. The van der Waals surface area contributed by atoms with Crippen molar-refractivity contribution < 1.29 is 14.6 Å². The van der Waals surface area contributed by atoms with Crippen LogP contribution in [0.2, 0.25) is 0 Å². The van der Waals surface area contributed by atoms with Gasteiger partial charge in [0.05, 0.1) is 13.7 Å². The number of carbonyl (C=O) groups is 1. The molecule has 0 radical (unpaired) electrons. The molecule has 0 aliphatic heterocycles. The Morgan fingerprint density at radius 2 is 2.13 bits per heavy atom. The normalized spacial score (nSPS) is 11.8. The maximum absolute atomic E-state index is 10.7. The minimum atomic E-state index is -0.407. The number of carbonyl (C=O) groups excluding carboxylic acids is 1. The maximum Gasteiger partial charge on any atom is 0.330 e. The van der Waals surface area contributed by atoms with E-state index in [0.29, 0.717) is 0 Å². The van der Waals surface area contributed by atoms with Gasteiger partial charge in [0.1, 0.15) is 0 Å². The Morgan fingerprint density at radius 3 is 2.60 bits per heavy atom. The van der Waals surface area contributed by atoms with Gasteiger partial charge in [-0.15, -0.1) is 0 Å². The molecule has 0 fully saturated rings. The van der Waals surface area contributed by atoms with Crippen LogP contribution in [0.3, 0.4) is 0 Å². The molecular weight excluding hydrogens is 232 g/mol. The van der Waals surface area contributed by atoms with Crippen molar-refractivity contribution in [3.8, 4) is 0 Å². The zero-order chi connectivity index (χ0) is 11.7. The van der Waals surface area contributed by atoms with Crippen molar-refractivity contribution in [1.82, 2.24) is 0 Å². The van der Waals surface area contributed by atoms with Crippen LogP contribution in [0, 0.1) is 0 Å². The molecule has 0 aromatic rings. The predicted molar refractivity (Wildman–Crippen MR) is 66.3 cm³/mol. The highest BCUT2D eigenvalue weighted by molar-refractivity contribution is 8.79. The molecule has 0 bridgehead atoms. The topological polar surface area (TPSA) is 46.5 Å². The van der Waals surface area contributed by atoms with Gasteiger partial charge < -0.3 is 9.84 Å². The summed E-state index contributed by atoms with van der Waals surface area (Å²) >= 11 is 0. The van der Waals surface area contributed by atoms with Crippen molar-refractivity contribution in [3.63, 3.8) is 0 Å². The molecule has 1 N–H and O–H groups in total. The number of hydrogen-bond donors (Lipinski definition) is 1. The highest BCUT2D eigenvalue weighted by atomic mass is 33.1. The lowest BCUT2D eigenvalue weighted by Gasteiger charge is -2.01. The lowest BCUT2D eigenvalue weighted by atomic mass is 10.5. The van der Waals surface area contributed by atoms with Gasteiger partial charge in [-0.1, -0.05) is 34.2 Å². The van der Waals surface area contributed by atoms with Crippen LogP contribution in [0.25, 0.3) is 0 Å². The SMILES string of the molecule is C=C(/C=C/C(=O)OC)SS/C(=C\C)CO. The number of ether oxygens (including phenoxy) is 1. The smallest absolute Gasteiger partial charge is 0.330 e. The molecular formula is C10H14O3S2. The zero-order valence-electron chi connectivity index (χ0n) is 8.73. The number of aliphatic hydroxyl groups is 1. The molecule has 0 rings (SSSR count). The van der Waals surface area contributed by atoms with Crippen molar-refractivity contribution in [2.24, 2.45) is 0 Å². The largest absolute Gasteiger partial charge is 0.466 e. The van der Waals surface area contributed by atoms with Gasteiger partial charge >= 0.3 is 5.97 Å². The van der Waals surface area contributed by atoms with Crippen LogP contribution in [0.5, 0.6) is 0 Å². The second kappa shape index (κ2) is 8.64. The number of allylic oxidation sites excluding steroid dienone is 2. The predicted octanol–water partition coefficient (Wildman–Crippen LogP) is 2.51. The fourth-order valence-electron chi connectivity index (χ4n) is 0.530. The highest BCUT2D eigenvalue weighted by Crippen LogP contribution is 2.35. The second-order valence-electron chi connectivity index (χ2n) is 2.40. The summed E-state index contributed by atoms with van der Waals surface area (Å²) in [6.45, 7) is 5.61. The van der Waals surface area contributed by atoms with Gasteiger partial charge in [0.15, 0.2) is 0 Å². The van der Waals surface area contributed by atoms with Crippen LogP contribution in [0.1, 0.15) is 6.92 Å². The summed E-state index contributed by atoms with van der Waals surface area (Å²) in [6, 6.07) is 0. The first-order chi connectivity index (χ1) is 7.13. The van der Waals surface area contributed by atoms with Crippen molar-refractivity contribution >= 4 is 27.6 Å². The molecule has 0 aromatic heterocycles. The molecule has 0 spiro atoms. The first-order valence-corrected chi connectivity index (χ1v) is 6.34. The van der Waals surface area contributed by atoms with Gasteiger partial charge in [-0.3, -0.25) is 0 Å². The second-order valence-corrected chi connectivity index (χ2v) is 4.78. The molecule has 15 heavy (non-hydrogen) atoms. The third-order valence-corrected chi connectivity index (χ3v) is 3.89. The summed E-state index contributed by atoms with van der Waals surface area (Å²) < 4.78 is 4.43. The summed E-state index contributed by atoms with van der Waals surface area (Å²) in [6.07, 6.45) is 4.72. The number of methoxy groups -OCH3 is 1. The third kappa shape index (κ3) is 7.30. The summed E-state index contributed by atoms with van der Waals surface area (Å²) in [5, 5.41) is 8.87. The van der Waals surface area contributed by atoms with E-state index in [1.54, 1.807) is 6.08 Å². The molecule has 0 unspecified atom stereocenters. The summed E-state index contributed by atoms with van der Waals surface area (Å²) in [5.74, 6) is -0.407. The van der Waals surface area contributed by atoms with Gasteiger partial charge in [0.25, 0.3) is 0 Å². The molecule has 84 valence electrons. The van der Waals surface area contributed by atoms with Crippen molar-refractivity contribution in [1.29, 1.82) is 0 Å². The average Bonchev–Trinajstić information content (AvgIpc) is 2.27. The Morgan fingerprint density at radius 1 is 1.47 bits per heavy atom. The van der Waals surface area contributed by atoms with Crippen LogP contribution in [0.15, 0.2) is 34.6 Å². The van der Waals surface area contributed by atoms with Crippen LogP contribution >= 0.6 is 21.6 Å². The Labute approximate surface area is 97.7 Å². The Kier molecular flexibility index (Phi) is 8.27. The molecule has 0 heterocycles. The quantitative estimate of drug-likeness (QED) is 0.338. The van der Waals surface area contributed by atoms with E-state index in [1.165, 1.54) is 34.8 Å². The maximum atomic E-state index is 10.7. The van der Waals surface area contributed by atoms with E-state index in [9.17, 15) is 4.79 Å². The van der Waals surface area contributed by atoms with Crippen LogP contribution < -0.4 is 0 Å². The Balaban J connectivity index is 3.95. The van der Waals surface area contributed by atoms with Crippen LogP contribution in [0.4, 0.5) is 0 Å². The van der Waals surface area contributed by atoms with Gasteiger partial charge in [0.2, 0.25) is 0 Å². The lowest BCUT2D eigenvalue weighted by Crippen LogP contribution is -1.93. The minimum absolute atomic E-state index is 0.0160. The molecule has 0 saturated carbocycles. The molecule has 0 atom stereocenters. The number of aliphatic hydroxyl groups excluding tert-OH is 1. The number of rotatable bonds is 6. The third-order valence-electron chi connectivity index (χ3n) is 1.34. The van der Waals surface area contributed by atoms with Crippen molar-refractivity contribution in [3.05, 3.63) is 34.6 Å².